The highest BCUT2D eigenvalue weighted by atomic mass is 15.1. The van der Waals surface area contributed by atoms with Crippen LogP contribution in [0.1, 0.15) is 57.7 Å². The normalized spacial score (nSPS) is 12.8. The maximum atomic E-state index is 4.51. The summed E-state index contributed by atoms with van der Waals surface area (Å²) in [5.41, 5.74) is 5.72. The third kappa shape index (κ3) is 4.83. The molecular formula is C27H33N5. The van der Waals surface area contributed by atoms with E-state index in [0.717, 1.165) is 47.5 Å². The van der Waals surface area contributed by atoms with Gasteiger partial charge in [0.25, 0.3) is 0 Å². The fraction of sp³-hybridized carbons (Fsp3) is 0.333. The second-order valence-corrected chi connectivity index (χ2v) is 8.76. The lowest BCUT2D eigenvalue weighted by Gasteiger charge is -2.28. The second kappa shape index (κ2) is 9.53. The smallest absolute Gasteiger partial charge is 0.143 e. The predicted octanol–water partition coefficient (Wildman–Crippen LogP) is 6.47. The molecular weight excluding hydrogens is 394 g/mol. The molecule has 0 aliphatic rings. The zero-order chi connectivity index (χ0) is 22.6. The van der Waals surface area contributed by atoms with Gasteiger partial charge in [0, 0.05) is 23.8 Å². The number of nitrogens with zero attached hydrogens (tertiary/aromatic N) is 2. The van der Waals surface area contributed by atoms with Gasteiger partial charge >= 0.3 is 0 Å². The lowest BCUT2D eigenvalue weighted by atomic mass is 9.95. The van der Waals surface area contributed by atoms with Crippen molar-refractivity contribution in [2.45, 2.75) is 58.7 Å². The van der Waals surface area contributed by atoms with Crippen LogP contribution in [0.15, 0.2) is 67.0 Å². The quantitative estimate of drug-likeness (QED) is 0.286. The van der Waals surface area contributed by atoms with Gasteiger partial charge < -0.3 is 15.6 Å². The van der Waals surface area contributed by atoms with Crippen molar-refractivity contribution < 1.29 is 0 Å². The summed E-state index contributed by atoms with van der Waals surface area (Å²) in [6.07, 6.45) is 3.85. The highest BCUT2D eigenvalue weighted by Gasteiger charge is 2.18. The minimum absolute atomic E-state index is 0.149. The Kier molecular flexibility index (Phi) is 6.56. The number of nitrogens with one attached hydrogen (secondary N) is 3. The molecule has 0 unspecified atom stereocenters. The van der Waals surface area contributed by atoms with Gasteiger partial charge in [-0.1, -0.05) is 68.4 Å². The molecule has 0 radical (unpaired) electrons. The molecule has 0 bridgehead atoms. The first kappa shape index (κ1) is 22.0. The average Bonchev–Trinajstić information content (AvgIpc) is 3.29. The van der Waals surface area contributed by atoms with E-state index in [-0.39, 0.29) is 11.6 Å². The molecule has 0 fully saturated rings. The van der Waals surface area contributed by atoms with Crippen LogP contribution in [-0.2, 0) is 6.54 Å². The van der Waals surface area contributed by atoms with Gasteiger partial charge in [0.1, 0.15) is 17.8 Å². The molecule has 2 aromatic heterocycles. The first-order chi connectivity index (χ1) is 15.5. The fourth-order valence-corrected chi connectivity index (χ4v) is 3.86. The predicted molar refractivity (Wildman–Crippen MR) is 134 cm³/mol. The molecule has 0 saturated carbocycles. The Morgan fingerprint density at radius 2 is 1.69 bits per heavy atom. The highest BCUT2D eigenvalue weighted by molar-refractivity contribution is 5.91. The first-order valence-corrected chi connectivity index (χ1v) is 11.5. The van der Waals surface area contributed by atoms with E-state index in [9.17, 15) is 0 Å². The lowest BCUT2D eigenvalue weighted by Crippen LogP contribution is -2.40. The molecule has 0 spiro atoms. The molecule has 3 N–H and O–H groups in total. The summed E-state index contributed by atoms with van der Waals surface area (Å²) in [6.45, 7) is 9.79. The van der Waals surface area contributed by atoms with E-state index in [0.29, 0.717) is 0 Å². The van der Waals surface area contributed by atoms with E-state index in [1.54, 1.807) is 6.33 Å². The largest absolute Gasteiger partial charge is 0.363 e. The van der Waals surface area contributed by atoms with Gasteiger partial charge in [-0.3, -0.25) is 0 Å². The van der Waals surface area contributed by atoms with Gasteiger partial charge in [-0.25, -0.2) is 9.97 Å². The second-order valence-electron chi connectivity index (χ2n) is 8.76. The third-order valence-electron chi connectivity index (χ3n) is 6.62. The monoisotopic (exact) mass is 427 g/mol. The summed E-state index contributed by atoms with van der Waals surface area (Å²) < 4.78 is 0. The van der Waals surface area contributed by atoms with Crippen LogP contribution in [0.2, 0.25) is 0 Å². The van der Waals surface area contributed by atoms with Gasteiger partial charge in [0.2, 0.25) is 0 Å². The Hall–Kier alpha value is -3.18. The maximum Gasteiger partial charge on any atom is 0.143 e. The van der Waals surface area contributed by atoms with Crippen molar-refractivity contribution in [1.29, 1.82) is 0 Å². The zero-order valence-electron chi connectivity index (χ0n) is 19.4. The Bertz CT molecular complexity index is 1140. The minimum atomic E-state index is 0.149. The Morgan fingerprint density at radius 3 is 2.38 bits per heavy atom. The van der Waals surface area contributed by atoms with E-state index in [4.69, 9.17) is 0 Å². The Labute approximate surface area is 190 Å². The van der Waals surface area contributed by atoms with E-state index >= 15 is 0 Å². The van der Waals surface area contributed by atoms with Crippen LogP contribution < -0.4 is 10.6 Å². The summed E-state index contributed by atoms with van der Waals surface area (Å²) in [5, 5.41) is 8.23. The standard InChI is InChI=1S/C27H33N5/c1-5-27(4,6-2)30-17-20-12-14-22(15-13-20)24-16-23-25(28-18-29-26(23)32-24)31-19(3)21-10-8-7-9-11-21/h7-16,18-19,30H,5-6,17H2,1-4H3,(H2,28,29,31,32)/t19-/m1/s1. The third-order valence-corrected chi connectivity index (χ3v) is 6.62. The lowest BCUT2D eigenvalue weighted by molar-refractivity contribution is 0.329. The van der Waals surface area contributed by atoms with Gasteiger partial charge in [0.15, 0.2) is 0 Å². The summed E-state index contributed by atoms with van der Waals surface area (Å²) in [4.78, 5) is 12.4. The van der Waals surface area contributed by atoms with Crippen LogP contribution in [-0.4, -0.2) is 20.5 Å². The topological polar surface area (TPSA) is 65.6 Å². The number of aromatic amines is 1. The first-order valence-electron chi connectivity index (χ1n) is 11.5. The maximum absolute atomic E-state index is 4.51. The number of hydrogen-bond donors (Lipinski definition) is 3. The van der Waals surface area contributed by atoms with E-state index in [1.807, 2.05) is 6.07 Å². The summed E-state index contributed by atoms with van der Waals surface area (Å²) in [5.74, 6) is 0.841. The molecule has 2 heterocycles. The number of H-pyrrole nitrogens is 1. The SMILES string of the molecule is CCC(C)(CC)NCc1ccc(-c2cc3c(N[C@H](C)c4ccccc4)ncnc3[nH]2)cc1. The van der Waals surface area contributed by atoms with Gasteiger partial charge in [-0.05, 0) is 49.4 Å². The van der Waals surface area contributed by atoms with Crippen LogP contribution in [0.5, 0.6) is 0 Å². The van der Waals surface area contributed by atoms with Crippen molar-refractivity contribution >= 4 is 16.9 Å². The summed E-state index contributed by atoms with van der Waals surface area (Å²) >= 11 is 0. The summed E-state index contributed by atoms with van der Waals surface area (Å²) in [6, 6.07) is 21.4. The van der Waals surface area contributed by atoms with Crippen LogP contribution in [0.25, 0.3) is 22.3 Å². The molecule has 1 atom stereocenters. The molecule has 4 aromatic rings. The van der Waals surface area contributed by atoms with Crippen LogP contribution in [0.3, 0.4) is 0 Å². The number of fused-ring (bicyclic) bond motifs is 1. The molecule has 0 saturated heterocycles. The van der Waals surface area contributed by atoms with E-state index < -0.39 is 0 Å². The van der Waals surface area contributed by atoms with Gasteiger partial charge in [0.05, 0.1) is 5.39 Å². The van der Waals surface area contributed by atoms with Crippen molar-refractivity contribution in [3.63, 3.8) is 0 Å². The van der Waals surface area contributed by atoms with Crippen molar-refractivity contribution in [2.75, 3.05) is 5.32 Å². The molecule has 2 aromatic carbocycles. The van der Waals surface area contributed by atoms with Crippen LogP contribution in [0.4, 0.5) is 5.82 Å². The van der Waals surface area contributed by atoms with Gasteiger partial charge in [-0.2, -0.15) is 0 Å². The number of aromatic nitrogens is 3. The molecule has 4 rings (SSSR count). The van der Waals surface area contributed by atoms with Crippen LogP contribution >= 0.6 is 0 Å². The Balaban J connectivity index is 1.52. The molecule has 0 aliphatic heterocycles. The van der Waals surface area contributed by atoms with Crippen LogP contribution in [0, 0.1) is 0 Å². The number of rotatable bonds is 9. The van der Waals surface area contributed by atoms with Crippen molar-refractivity contribution in [2.24, 2.45) is 0 Å². The van der Waals surface area contributed by atoms with E-state index in [2.05, 4.69) is 108 Å². The number of benzene rings is 2. The molecule has 5 heteroatoms. The fourth-order valence-electron chi connectivity index (χ4n) is 3.86. The van der Waals surface area contributed by atoms with Crippen molar-refractivity contribution in [3.8, 4) is 11.3 Å². The molecule has 0 aliphatic carbocycles. The minimum Gasteiger partial charge on any atom is -0.363 e. The molecule has 32 heavy (non-hydrogen) atoms. The zero-order valence-corrected chi connectivity index (χ0v) is 19.4. The number of hydrogen-bond acceptors (Lipinski definition) is 4. The number of anilines is 1. The molecule has 166 valence electrons. The highest BCUT2D eigenvalue weighted by Crippen LogP contribution is 2.29. The van der Waals surface area contributed by atoms with Crippen molar-refractivity contribution in [1.82, 2.24) is 20.3 Å². The Morgan fingerprint density at radius 1 is 0.969 bits per heavy atom. The average molecular weight is 428 g/mol. The van der Waals surface area contributed by atoms with Crippen molar-refractivity contribution in [3.05, 3.63) is 78.1 Å². The van der Waals surface area contributed by atoms with E-state index in [1.165, 1.54) is 11.1 Å². The molecule has 0 amide bonds. The summed E-state index contributed by atoms with van der Waals surface area (Å²) in [7, 11) is 0. The van der Waals surface area contributed by atoms with Gasteiger partial charge in [-0.15, -0.1) is 0 Å². The molecule has 5 nitrogen and oxygen atoms in total.